The smallest absolute Gasteiger partial charge is 0.254 e. The van der Waals surface area contributed by atoms with Gasteiger partial charge in [0.05, 0.1) is 28.3 Å². The van der Waals surface area contributed by atoms with E-state index in [0.717, 1.165) is 11.4 Å². The van der Waals surface area contributed by atoms with Gasteiger partial charge >= 0.3 is 0 Å². The predicted molar refractivity (Wildman–Crippen MR) is 83.6 cm³/mol. The molecule has 6 heteroatoms. The van der Waals surface area contributed by atoms with Crippen molar-refractivity contribution in [2.45, 2.75) is 13.5 Å². The van der Waals surface area contributed by atoms with Crippen LogP contribution in [-0.4, -0.2) is 29.9 Å². The third-order valence-electron chi connectivity index (χ3n) is 2.90. The summed E-state index contributed by atoms with van der Waals surface area (Å²) in [4.78, 5) is 18.9. The van der Waals surface area contributed by atoms with Crippen LogP contribution in [-0.2, 0) is 6.54 Å². The Bertz CT molecular complexity index is 625. The van der Waals surface area contributed by atoms with Crippen LogP contribution in [0.25, 0.3) is 0 Å². The first-order valence-corrected chi connectivity index (χ1v) is 7.39. The third-order valence-corrected chi connectivity index (χ3v) is 4.17. The molecule has 0 saturated carbocycles. The largest absolute Gasteiger partial charge is 0.380 e. The van der Waals surface area contributed by atoms with Crippen LogP contribution in [0.2, 0.25) is 5.02 Å². The van der Waals surface area contributed by atoms with Gasteiger partial charge < -0.3 is 10.2 Å². The lowest BCUT2D eigenvalue weighted by atomic mass is 10.1. The molecule has 1 amide bonds. The fourth-order valence-corrected chi connectivity index (χ4v) is 2.63. The van der Waals surface area contributed by atoms with Gasteiger partial charge in [0, 0.05) is 24.7 Å². The third kappa shape index (κ3) is 3.29. The monoisotopic (exact) mass is 309 g/mol. The maximum Gasteiger partial charge on any atom is 0.254 e. The molecule has 1 aromatic carbocycles. The van der Waals surface area contributed by atoms with Crippen LogP contribution >= 0.6 is 22.9 Å². The highest BCUT2D eigenvalue weighted by atomic mass is 35.5. The number of amides is 1. The normalized spacial score (nSPS) is 10.4. The summed E-state index contributed by atoms with van der Waals surface area (Å²) < 4.78 is 0. The Labute approximate surface area is 127 Å². The van der Waals surface area contributed by atoms with E-state index in [2.05, 4.69) is 10.3 Å². The Morgan fingerprint density at radius 2 is 2.20 bits per heavy atom. The minimum Gasteiger partial charge on any atom is -0.380 e. The van der Waals surface area contributed by atoms with Gasteiger partial charge in [0.1, 0.15) is 0 Å². The fourth-order valence-electron chi connectivity index (χ4n) is 1.72. The Kier molecular flexibility index (Phi) is 4.62. The van der Waals surface area contributed by atoms with Crippen LogP contribution in [0.3, 0.4) is 0 Å². The summed E-state index contributed by atoms with van der Waals surface area (Å²) in [5.74, 6) is -0.104. The second-order valence-corrected chi connectivity index (χ2v) is 5.96. The first kappa shape index (κ1) is 14.8. The molecule has 2 aromatic rings. The van der Waals surface area contributed by atoms with Crippen molar-refractivity contribution in [3.63, 3.8) is 0 Å². The maximum atomic E-state index is 12.0. The molecule has 0 atom stereocenters. The average molecular weight is 310 g/mol. The van der Waals surface area contributed by atoms with Gasteiger partial charge in [0.15, 0.2) is 0 Å². The molecule has 0 unspecified atom stereocenters. The second kappa shape index (κ2) is 6.24. The van der Waals surface area contributed by atoms with Crippen LogP contribution in [0.15, 0.2) is 23.7 Å². The number of rotatable bonds is 4. The van der Waals surface area contributed by atoms with Crippen molar-refractivity contribution in [3.8, 4) is 0 Å². The Hall–Kier alpha value is -1.59. The molecular formula is C14H16ClN3OS. The topological polar surface area (TPSA) is 45.2 Å². The van der Waals surface area contributed by atoms with Crippen molar-refractivity contribution in [1.82, 2.24) is 9.88 Å². The summed E-state index contributed by atoms with van der Waals surface area (Å²) in [7, 11) is 3.42. The van der Waals surface area contributed by atoms with Crippen LogP contribution in [0.5, 0.6) is 0 Å². The van der Waals surface area contributed by atoms with Crippen molar-refractivity contribution in [3.05, 3.63) is 44.9 Å². The molecule has 106 valence electrons. The minimum absolute atomic E-state index is 0.104. The number of anilines is 1. The maximum absolute atomic E-state index is 12.0. The van der Waals surface area contributed by atoms with E-state index < -0.39 is 0 Å². The fraction of sp³-hybridized carbons (Fsp3) is 0.286. The first-order valence-electron chi connectivity index (χ1n) is 6.13. The molecule has 2 rings (SSSR count). The number of nitrogens with zero attached hydrogens (tertiary/aromatic N) is 2. The lowest BCUT2D eigenvalue weighted by Gasteiger charge is -2.13. The molecular weight excluding hydrogens is 294 g/mol. The standard InChI is InChI=1S/C14H16ClN3OS/c1-9-13(20-8-17-9)7-16-10-4-5-12(15)11(6-10)14(19)18(2)3/h4-6,8,16H,7H2,1-3H3. The van der Waals surface area contributed by atoms with E-state index in [0.29, 0.717) is 17.1 Å². The number of hydrogen-bond donors (Lipinski definition) is 1. The Balaban J connectivity index is 2.15. The van der Waals surface area contributed by atoms with E-state index in [1.165, 1.54) is 9.78 Å². The number of benzene rings is 1. The van der Waals surface area contributed by atoms with E-state index in [4.69, 9.17) is 11.6 Å². The molecule has 0 aliphatic heterocycles. The summed E-state index contributed by atoms with van der Waals surface area (Å²) in [5.41, 5.74) is 4.23. The number of nitrogens with one attached hydrogen (secondary N) is 1. The SMILES string of the molecule is Cc1ncsc1CNc1ccc(Cl)c(C(=O)N(C)C)c1. The van der Waals surface area contributed by atoms with E-state index in [9.17, 15) is 4.79 Å². The summed E-state index contributed by atoms with van der Waals surface area (Å²) in [6.07, 6.45) is 0. The van der Waals surface area contributed by atoms with Gasteiger partial charge in [-0.05, 0) is 25.1 Å². The van der Waals surface area contributed by atoms with E-state index in [1.54, 1.807) is 37.6 Å². The molecule has 1 aromatic heterocycles. The molecule has 0 saturated heterocycles. The van der Waals surface area contributed by atoms with Gasteiger partial charge in [0.25, 0.3) is 5.91 Å². The van der Waals surface area contributed by atoms with Gasteiger partial charge in [-0.1, -0.05) is 11.6 Å². The molecule has 0 fully saturated rings. The molecule has 0 aliphatic rings. The molecule has 20 heavy (non-hydrogen) atoms. The zero-order chi connectivity index (χ0) is 14.7. The van der Waals surface area contributed by atoms with E-state index in [1.807, 2.05) is 18.5 Å². The van der Waals surface area contributed by atoms with Crippen molar-refractivity contribution in [1.29, 1.82) is 0 Å². The van der Waals surface area contributed by atoms with Crippen LogP contribution < -0.4 is 5.32 Å². The van der Waals surface area contributed by atoms with Crippen molar-refractivity contribution >= 4 is 34.5 Å². The predicted octanol–water partition coefficient (Wildman–Crippen LogP) is 3.42. The highest BCUT2D eigenvalue weighted by Crippen LogP contribution is 2.23. The summed E-state index contributed by atoms with van der Waals surface area (Å²) in [6.45, 7) is 2.67. The molecule has 1 N–H and O–H groups in total. The van der Waals surface area contributed by atoms with E-state index >= 15 is 0 Å². The lowest BCUT2D eigenvalue weighted by Crippen LogP contribution is -2.22. The zero-order valence-electron chi connectivity index (χ0n) is 11.6. The molecule has 0 aliphatic carbocycles. The number of carbonyl (C=O) groups is 1. The van der Waals surface area contributed by atoms with Gasteiger partial charge in [-0.3, -0.25) is 4.79 Å². The van der Waals surface area contributed by atoms with Gasteiger partial charge in [-0.25, -0.2) is 4.98 Å². The molecule has 0 radical (unpaired) electrons. The second-order valence-electron chi connectivity index (χ2n) is 4.61. The van der Waals surface area contributed by atoms with Crippen LogP contribution in [0.1, 0.15) is 20.9 Å². The number of halogens is 1. The summed E-state index contributed by atoms with van der Waals surface area (Å²) in [6, 6.07) is 5.38. The number of carbonyl (C=O) groups excluding carboxylic acids is 1. The van der Waals surface area contributed by atoms with E-state index in [-0.39, 0.29) is 5.91 Å². The molecule has 0 bridgehead atoms. The first-order chi connectivity index (χ1) is 9.49. The lowest BCUT2D eigenvalue weighted by molar-refractivity contribution is 0.0828. The summed E-state index contributed by atoms with van der Waals surface area (Å²) >= 11 is 7.69. The highest BCUT2D eigenvalue weighted by molar-refractivity contribution is 7.09. The number of aryl methyl sites for hydroxylation is 1. The minimum atomic E-state index is -0.104. The molecule has 1 heterocycles. The Morgan fingerprint density at radius 3 is 2.80 bits per heavy atom. The van der Waals surface area contributed by atoms with Crippen molar-refractivity contribution in [2.75, 3.05) is 19.4 Å². The number of aromatic nitrogens is 1. The molecule has 4 nitrogen and oxygen atoms in total. The average Bonchev–Trinajstić information content (AvgIpc) is 2.82. The number of hydrogen-bond acceptors (Lipinski definition) is 4. The van der Waals surface area contributed by atoms with Crippen molar-refractivity contribution < 1.29 is 4.79 Å². The highest BCUT2D eigenvalue weighted by Gasteiger charge is 2.13. The van der Waals surface area contributed by atoms with Gasteiger partial charge in [0.2, 0.25) is 0 Å². The van der Waals surface area contributed by atoms with Crippen molar-refractivity contribution in [2.24, 2.45) is 0 Å². The Morgan fingerprint density at radius 1 is 1.45 bits per heavy atom. The summed E-state index contributed by atoms with van der Waals surface area (Å²) in [5, 5.41) is 3.75. The van der Waals surface area contributed by atoms with Gasteiger partial charge in [-0.15, -0.1) is 11.3 Å². The van der Waals surface area contributed by atoms with Crippen LogP contribution in [0, 0.1) is 6.92 Å². The molecule has 0 spiro atoms. The quantitative estimate of drug-likeness (QED) is 0.941. The zero-order valence-corrected chi connectivity index (χ0v) is 13.2. The number of thiazole rings is 1. The van der Waals surface area contributed by atoms with Crippen LogP contribution in [0.4, 0.5) is 5.69 Å². The van der Waals surface area contributed by atoms with Gasteiger partial charge in [-0.2, -0.15) is 0 Å².